The molecule has 1 atom stereocenters. The average molecular weight is 382 g/mol. The number of carbonyl (C=O) groups is 3. The van der Waals surface area contributed by atoms with Crippen LogP contribution in [0.3, 0.4) is 0 Å². The van der Waals surface area contributed by atoms with Gasteiger partial charge in [-0.05, 0) is 37.5 Å². The number of benzene rings is 1. The van der Waals surface area contributed by atoms with E-state index in [4.69, 9.17) is 4.98 Å². The van der Waals surface area contributed by atoms with Gasteiger partial charge in [0.15, 0.2) is 0 Å². The van der Waals surface area contributed by atoms with Crippen LogP contribution in [0.2, 0.25) is 0 Å². The molecule has 2 fully saturated rings. The molecule has 1 unspecified atom stereocenters. The molecule has 4 rings (SSSR count). The number of rotatable bonds is 4. The van der Waals surface area contributed by atoms with Crippen LogP contribution in [0, 0.1) is 0 Å². The second-order valence-electron chi connectivity index (χ2n) is 7.72. The van der Waals surface area contributed by atoms with Crippen molar-refractivity contribution in [2.45, 2.75) is 70.4 Å². The summed E-state index contributed by atoms with van der Waals surface area (Å²) < 4.78 is 2.36. The van der Waals surface area contributed by atoms with E-state index >= 15 is 0 Å². The number of hydrogen-bond donors (Lipinski definition) is 2. The highest BCUT2D eigenvalue weighted by Gasteiger charge is 2.28. The summed E-state index contributed by atoms with van der Waals surface area (Å²) in [6, 6.07) is 5.37. The Morgan fingerprint density at radius 2 is 2.00 bits per heavy atom. The third-order valence-corrected chi connectivity index (χ3v) is 5.83. The Kier molecular flexibility index (Phi) is 5.15. The van der Waals surface area contributed by atoms with E-state index in [1.807, 2.05) is 6.07 Å². The number of hydrogen-bond acceptors (Lipinski definition) is 4. The molecule has 2 aliphatic rings. The Morgan fingerprint density at radius 1 is 1.21 bits per heavy atom. The molecule has 2 heterocycles. The molecule has 1 aromatic heterocycles. The van der Waals surface area contributed by atoms with Crippen molar-refractivity contribution in [2.75, 3.05) is 0 Å². The minimum atomic E-state index is -0.674. The molecular formula is C21H26N4O3. The highest BCUT2D eigenvalue weighted by molar-refractivity contribution is 6.04. The van der Waals surface area contributed by atoms with Crippen LogP contribution in [0.25, 0.3) is 11.0 Å². The van der Waals surface area contributed by atoms with E-state index < -0.39 is 11.9 Å². The molecule has 2 aromatic rings. The number of nitrogens with zero attached hydrogens (tertiary/aromatic N) is 2. The number of piperidine rings is 1. The number of amides is 3. The summed E-state index contributed by atoms with van der Waals surface area (Å²) in [5.74, 6) is 0.00378. The van der Waals surface area contributed by atoms with Gasteiger partial charge < -0.3 is 9.88 Å². The number of nitrogens with one attached hydrogen (secondary N) is 2. The van der Waals surface area contributed by atoms with Crippen molar-refractivity contribution >= 4 is 28.8 Å². The first-order chi connectivity index (χ1) is 13.6. The van der Waals surface area contributed by atoms with E-state index in [0.717, 1.165) is 23.3 Å². The Bertz CT molecular complexity index is 927. The van der Waals surface area contributed by atoms with Gasteiger partial charge in [-0.1, -0.05) is 26.2 Å². The van der Waals surface area contributed by atoms with Gasteiger partial charge in [-0.15, -0.1) is 0 Å². The average Bonchev–Trinajstić information content (AvgIpc) is 3.08. The van der Waals surface area contributed by atoms with E-state index in [1.165, 1.54) is 32.1 Å². The molecular weight excluding hydrogens is 356 g/mol. The number of imidazole rings is 1. The monoisotopic (exact) mass is 382 g/mol. The van der Waals surface area contributed by atoms with E-state index in [2.05, 4.69) is 22.1 Å². The van der Waals surface area contributed by atoms with Crippen LogP contribution < -0.4 is 10.6 Å². The summed E-state index contributed by atoms with van der Waals surface area (Å²) in [5, 5.41) is 4.99. The smallest absolute Gasteiger partial charge is 0.252 e. The van der Waals surface area contributed by atoms with Crippen LogP contribution >= 0.6 is 0 Å². The van der Waals surface area contributed by atoms with Crippen LogP contribution in [0.5, 0.6) is 0 Å². The van der Waals surface area contributed by atoms with Crippen molar-refractivity contribution < 1.29 is 14.4 Å². The van der Waals surface area contributed by atoms with E-state index in [-0.39, 0.29) is 18.2 Å². The summed E-state index contributed by atoms with van der Waals surface area (Å²) >= 11 is 0. The third kappa shape index (κ3) is 3.53. The van der Waals surface area contributed by atoms with Crippen molar-refractivity contribution in [2.24, 2.45) is 0 Å². The third-order valence-electron chi connectivity index (χ3n) is 5.83. The minimum absolute atomic E-state index is 0.237. The van der Waals surface area contributed by atoms with Gasteiger partial charge in [0.2, 0.25) is 11.8 Å². The van der Waals surface area contributed by atoms with Gasteiger partial charge in [0.1, 0.15) is 11.9 Å². The molecule has 0 bridgehead atoms. The van der Waals surface area contributed by atoms with Crippen LogP contribution in [-0.4, -0.2) is 33.3 Å². The molecule has 7 heteroatoms. The van der Waals surface area contributed by atoms with Crippen molar-refractivity contribution in [1.82, 2.24) is 20.2 Å². The van der Waals surface area contributed by atoms with Gasteiger partial charge in [0.25, 0.3) is 5.91 Å². The summed E-state index contributed by atoms with van der Waals surface area (Å²) in [6.07, 6.45) is 7.57. The Balaban J connectivity index is 1.58. The summed E-state index contributed by atoms with van der Waals surface area (Å²) in [7, 11) is 0. The maximum Gasteiger partial charge on any atom is 0.252 e. The number of carbonyl (C=O) groups excluding carboxylic acids is 3. The van der Waals surface area contributed by atoms with Crippen molar-refractivity contribution in [3.8, 4) is 0 Å². The maximum absolute atomic E-state index is 12.6. The first-order valence-corrected chi connectivity index (χ1v) is 10.2. The summed E-state index contributed by atoms with van der Waals surface area (Å²) in [6.45, 7) is 2.11. The Hall–Kier alpha value is -2.70. The number of fused-ring (bicyclic) bond motifs is 1. The molecule has 1 aliphatic heterocycles. The molecule has 1 aromatic carbocycles. The number of imide groups is 1. The number of aryl methyl sites for hydroxylation is 1. The zero-order valence-electron chi connectivity index (χ0n) is 16.2. The first-order valence-electron chi connectivity index (χ1n) is 10.2. The predicted octanol–water partition coefficient (Wildman–Crippen LogP) is 2.64. The molecule has 3 amide bonds. The highest BCUT2D eigenvalue weighted by Crippen LogP contribution is 2.33. The molecule has 7 nitrogen and oxygen atoms in total. The summed E-state index contributed by atoms with van der Waals surface area (Å²) in [5.41, 5.74) is 2.37. The van der Waals surface area contributed by atoms with E-state index in [9.17, 15) is 14.4 Å². The normalized spacial score (nSPS) is 21.0. The van der Waals surface area contributed by atoms with Gasteiger partial charge in [-0.3, -0.25) is 19.7 Å². The Labute approximate surface area is 163 Å². The molecule has 2 N–H and O–H groups in total. The van der Waals surface area contributed by atoms with Crippen LogP contribution in [0.1, 0.15) is 74.1 Å². The SMILES string of the molecule is CCc1nc2cc(C(=O)NC3CCC(=O)NC3=O)ccc2n1C1CCCCC1. The quantitative estimate of drug-likeness (QED) is 0.795. The van der Waals surface area contributed by atoms with Gasteiger partial charge in [-0.2, -0.15) is 0 Å². The van der Waals surface area contributed by atoms with Crippen LogP contribution in [0.4, 0.5) is 0 Å². The molecule has 0 radical (unpaired) electrons. The fourth-order valence-corrected chi connectivity index (χ4v) is 4.36. The predicted molar refractivity (Wildman–Crippen MR) is 105 cm³/mol. The minimum Gasteiger partial charge on any atom is -0.340 e. The second kappa shape index (κ2) is 7.73. The largest absolute Gasteiger partial charge is 0.340 e. The Morgan fingerprint density at radius 3 is 2.71 bits per heavy atom. The maximum atomic E-state index is 12.6. The van der Waals surface area contributed by atoms with Crippen molar-refractivity contribution in [3.05, 3.63) is 29.6 Å². The van der Waals surface area contributed by atoms with Gasteiger partial charge >= 0.3 is 0 Å². The van der Waals surface area contributed by atoms with Crippen LogP contribution in [0.15, 0.2) is 18.2 Å². The molecule has 1 saturated carbocycles. The fourth-order valence-electron chi connectivity index (χ4n) is 4.36. The molecule has 0 spiro atoms. The molecule has 1 aliphatic carbocycles. The second-order valence-corrected chi connectivity index (χ2v) is 7.72. The van der Waals surface area contributed by atoms with E-state index in [1.54, 1.807) is 12.1 Å². The van der Waals surface area contributed by atoms with Crippen molar-refractivity contribution in [3.63, 3.8) is 0 Å². The van der Waals surface area contributed by atoms with Crippen molar-refractivity contribution in [1.29, 1.82) is 0 Å². The lowest BCUT2D eigenvalue weighted by atomic mass is 9.95. The van der Waals surface area contributed by atoms with Crippen LogP contribution in [-0.2, 0) is 16.0 Å². The number of aromatic nitrogens is 2. The zero-order valence-corrected chi connectivity index (χ0v) is 16.2. The lowest BCUT2D eigenvalue weighted by Crippen LogP contribution is -2.52. The topological polar surface area (TPSA) is 93.1 Å². The van der Waals surface area contributed by atoms with Gasteiger partial charge in [0.05, 0.1) is 11.0 Å². The first kappa shape index (κ1) is 18.7. The van der Waals surface area contributed by atoms with E-state index in [0.29, 0.717) is 18.0 Å². The van der Waals surface area contributed by atoms with Gasteiger partial charge in [0, 0.05) is 24.4 Å². The molecule has 1 saturated heterocycles. The summed E-state index contributed by atoms with van der Waals surface area (Å²) in [4.78, 5) is 40.6. The fraction of sp³-hybridized carbons (Fsp3) is 0.524. The molecule has 28 heavy (non-hydrogen) atoms. The molecule has 148 valence electrons. The zero-order chi connectivity index (χ0) is 19.7. The lowest BCUT2D eigenvalue weighted by molar-refractivity contribution is -0.134. The highest BCUT2D eigenvalue weighted by atomic mass is 16.2. The lowest BCUT2D eigenvalue weighted by Gasteiger charge is -2.25. The standard InChI is InChI=1S/C21H26N4O3/c1-2-18-22-16-12-13(20(27)23-15-9-11-19(26)24-21(15)28)8-10-17(16)25(18)14-6-4-3-5-7-14/h8,10,12,14-15H,2-7,9,11H2,1H3,(H,23,27)(H,24,26,28). The van der Waals surface area contributed by atoms with Gasteiger partial charge in [-0.25, -0.2) is 4.98 Å².